The van der Waals surface area contributed by atoms with Crippen molar-refractivity contribution in [3.63, 3.8) is 0 Å². The van der Waals surface area contributed by atoms with E-state index in [0.29, 0.717) is 6.61 Å². The van der Waals surface area contributed by atoms with Crippen molar-refractivity contribution in [2.75, 3.05) is 13.2 Å². The van der Waals surface area contributed by atoms with E-state index in [1.807, 2.05) is 6.07 Å². The normalized spacial score (nSPS) is 13.2. The highest BCUT2D eigenvalue weighted by molar-refractivity contribution is 5.38. The van der Waals surface area contributed by atoms with Crippen molar-refractivity contribution in [3.8, 4) is 5.75 Å². The van der Waals surface area contributed by atoms with Crippen LogP contribution in [0, 0.1) is 0 Å². The number of rotatable bonds is 6. The summed E-state index contributed by atoms with van der Waals surface area (Å²) >= 11 is 0. The lowest BCUT2D eigenvalue weighted by Gasteiger charge is -2.09. The maximum atomic E-state index is 5.81. The van der Waals surface area contributed by atoms with Gasteiger partial charge in [0.15, 0.2) is 0 Å². The number of nitrogens with one attached hydrogen (secondary N) is 1. The fourth-order valence-corrected chi connectivity index (χ4v) is 2.71. The minimum absolute atomic E-state index is 0.714. The predicted octanol–water partition coefficient (Wildman–Crippen LogP) is 3.34. The molecule has 0 fully saturated rings. The first-order valence-corrected chi connectivity index (χ1v) is 7.41. The minimum atomic E-state index is 0.714. The largest absolute Gasteiger partial charge is 0.492 e. The second-order valence-corrected chi connectivity index (χ2v) is 5.29. The molecule has 3 rings (SSSR count). The number of fused-ring (bicyclic) bond motifs is 1. The van der Waals surface area contributed by atoms with Crippen molar-refractivity contribution in [1.29, 1.82) is 0 Å². The first kappa shape index (κ1) is 13.2. The van der Waals surface area contributed by atoms with Gasteiger partial charge in [0.2, 0.25) is 0 Å². The average molecular weight is 267 g/mol. The highest BCUT2D eigenvalue weighted by Gasteiger charge is 2.10. The van der Waals surface area contributed by atoms with E-state index in [4.69, 9.17) is 4.74 Å². The van der Waals surface area contributed by atoms with Gasteiger partial charge in [-0.2, -0.15) is 0 Å². The molecule has 2 aromatic rings. The fourth-order valence-electron chi connectivity index (χ4n) is 2.71. The van der Waals surface area contributed by atoms with E-state index in [1.165, 1.54) is 36.0 Å². The Morgan fingerprint density at radius 3 is 2.70 bits per heavy atom. The Balaban J connectivity index is 1.40. The molecule has 0 atom stereocenters. The molecule has 0 saturated carbocycles. The van der Waals surface area contributed by atoms with Gasteiger partial charge in [-0.25, -0.2) is 0 Å². The zero-order valence-electron chi connectivity index (χ0n) is 11.8. The third-order valence-corrected chi connectivity index (χ3v) is 3.79. The molecule has 2 nitrogen and oxygen atoms in total. The molecule has 104 valence electrons. The van der Waals surface area contributed by atoms with Gasteiger partial charge in [-0.3, -0.25) is 0 Å². The van der Waals surface area contributed by atoms with Crippen LogP contribution in [0.25, 0.3) is 0 Å². The second kappa shape index (κ2) is 6.58. The van der Waals surface area contributed by atoms with E-state index in [2.05, 4.69) is 47.8 Å². The first-order valence-electron chi connectivity index (χ1n) is 7.41. The van der Waals surface area contributed by atoms with Gasteiger partial charge in [0, 0.05) is 13.1 Å². The Kier molecular flexibility index (Phi) is 4.34. The Hall–Kier alpha value is -1.80. The number of hydrogen-bond donors (Lipinski definition) is 1. The molecule has 1 N–H and O–H groups in total. The fraction of sp³-hybridized carbons (Fsp3) is 0.333. The topological polar surface area (TPSA) is 21.3 Å². The minimum Gasteiger partial charge on any atom is -0.492 e. The third kappa shape index (κ3) is 3.40. The Bertz CT molecular complexity index is 551. The number of hydrogen-bond acceptors (Lipinski definition) is 2. The van der Waals surface area contributed by atoms with Crippen molar-refractivity contribution >= 4 is 0 Å². The SMILES string of the molecule is c1ccc(CNCCOc2ccc3c(c2)CCC3)cc1. The van der Waals surface area contributed by atoms with E-state index in [1.54, 1.807) is 0 Å². The smallest absolute Gasteiger partial charge is 0.119 e. The number of aryl methyl sites for hydroxylation is 2. The zero-order chi connectivity index (χ0) is 13.6. The van der Waals surface area contributed by atoms with Gasteiger partial charge in [0.25, 0.3) is 0 Å². The Morgan fingerprint density at radius 2 is 1.80 bits per heavy atom. The van der Waals surface area contributed by atoms with Crippen LogP contribution in [0.3, 0.4) is 0 Å². The van der Waals surface area contributed by atoms with E-state index in [0.717, 1.165) is 18.8 Å². The number of ether oxygens (including phenoxy) is 1. The summed E-state index contributed by atoms with van der Waals surface area (Å²) in [5, 5.41) is 3.40. The molecule has 0 aromatic heterocycles. The van der Waals surface area contributed by atoms with Gasteiger partial charge in [-0.15, -0.1) is 0 Å². The van der Waals surface area contributed by atoms with Crippen molar-refractivity contribution in [3.05, 3.63) is 65.2 Å². The Labute approximate surface area is 120 Å². The van der Waals surface area contributed by atoms with Gasteiger partial charge < -0.3 is 10.1 Å². The van der Waals surface area contributed by atoms with E-state index in [-0.39, 0.29) is 0 Å². The maximum Gasteiger partial charge on any atom is 0.119 e. The van der Waals surface area contributed by atoms with Gasteiger partial charge >= 0.3 is 0 Å². The summed E-state index contributed by atoms with van der Waals surface area (Å²) in [6, 6.07) is 17.0. The molecule has 1 aliphatic rings. The first-order chi connectivity index (χ1) is 9.92. The van der Waals surface area contributed by atoms with Crippen LogP contribution in [-0.4, -0.2) is 13.2 Å². The highest BCUT2D eigenvalue weighted by atomic mass is 16.5. The summed E-state index contributed by atoms with van der Waals surface area (Å²) in [5.74, 6) is 1.01. The molecule has 0 heterocycles. The molecule has 0 saturated heterocycles. The van der Waals surface area contributed by atoms with Gasteiger partial charge in [-0.05, 0) is 48.1 Å². The second-order valence-electron chi connectivity index (χ2n) is 5.29. The molecule has 0 bridgehead atoms. The molecule has 2 heteroatoms. The lowest BCUT2D eigenvalue weighted by Crippen LogP contribution is -2.20. The van der Waals surface area contributed by atoms with Crippen LogP contribution >= 0.6 is 0 Å². The van der Waals surface area contributed by atoms with Crippen LogP contribution in [0.2, 0.25) is 0 Å². The summed E-state index contributed by atoms with van der Waals surface area (Å²) in [5.41, 5.74) is 4.28. The van der Waals surface area contributed by atoms with E-state index < -0.39 is 0 Å². The highest BCUT2D eigenvalue weighted by Crippen LogP contribution is 2.25. The van der Waals surface area contributed by atoms with Gasteiger partial charge in [0.05, 0.1) is 0 Å². The molecule has 0 amide bonds. The monoisotopic (exact) mass is 267 g/mol. The maximum absolute atomic E-state index is 5.81. The van der Waals surface area contributed by atoms with Crippen LogP contribution < -0.4 is 10.1 Å². The van der Waals surface area contributed by atoms with Crippen molar-refractivity contribution in [2.45, 2.75) is 25.8 Å². The molecule has 1 aliphatic carbocycles. The van der Waals surface area contributed by atoms with Crippen LogP contribution in [-0.2, 0) is 19.4 Å². The zero-order valence-corrected chi connectivity index (χ0v) is 11.8. The summed E-state index contributed by atoms with van der Waals surface area (Å²) < 4.78 is 5.81. The standard InChI is InChI=1S/C18H21NO/c1-2-5-15(6-3-1)14-19-11-12-20-18-10-9-16-7-4-8-17(16)13-18/h1-3,5-6,9-10,13,19H,4,7-8,11-12,14H2. The van der Waals surface area contributed by atoms with Gasteiger partial charge in [0.1, 0.15) is 12.4 Å². The third-order valence-electron chi connectivity index (χ3n) is 3.79. The average Bonchev–Trinajstić information content (AvgIpc) is 2.95. The summed E-state index contributed by atoms with van der Waals surface area (Å²) in [6.07, 6.45) is 3.73. The molecular weight excluding hydrogens is 246 g/mol. The molecule has 0 spiro atoms. The van der Waals surface area contributed by atoms with E-state index in [9.17, 15) is 0 Å². The molecule has 0 radical (unpaired) electrons. The quantitative estimate of drug-likeness (QED) is 0.810. The Morgan fingerprint density at radius 1 is 0.950 bits per heavy atom. The molecule has 20 heavy (non-hydrogen) atoms. The molecule has 2 aromatic carbocycles. The van der Waals surface area contributed by atoms with Gasteiger partial charge in [-0.1, -0.05) is 36.4 Å². The molecular formula is C18H21NO. The van der Waals surface area contributed by atoms with Crippen molar-refractivity contribution in [1.82, 2.24) is 5.32 Å². The lowest BCUT2D eigenvalue weighted by molar-refractivity contribution is 0.313. The van der Waals surface area contributed by atoms with Crippen molar-refractivity contribution in [2.24, 2.45) is 0 Å². The summed E-state index contributed by atoms with van der Waals surface area (Å²) in [6.45, 7) is 2.48. The van der Waals surface area contributed by atoms with E-state index >= 15 is 0 Å². The van der Waals surface area contributed by atoms with Crippen LogP contribution in [0.5, 0.6) is 5.75 Å². The summed E-state index contributed by atoms with van der Waals surface area (Å²) in [4.78, 5) is 0. The van der Waals surface area contributed by atoms with Crippen LogP contribution in [0.4, 0.5) is 0 Å². The summed E-state index contributed by atoms with van der Waals surface area (Å²) in [7, 11) is 0. The van der Waals surface area contributed by atoms with Crippen LogP contribution in [0.15, 0.2) is 48.5 Å². The molecule has 0 aliphatic heterocycles. The predicted molar refractivity (Wildman–Crippen MR) is 82.1 cm³/mol. The number of benzene rings is 2. The van der Waals surface area contributed by atoms with Crippen molar-refractivity contribution < 1.29 is 4.74 Å². The van der Waals surface area contributed by atoms with Crippen LogP contribution in [0.1, 0.15) is 23.1 Å². The lowest BCUT2D eigenvalue weighted by atomic mass is 10.1. The molecule has 0 unspecified atom stereocenters.